The molecule has 4 nitrogen and oxygen atoms in total. The first-order valence-electron chi connectivity index (χ1n) is 9.32. The SMILES string of the molecule is O=C1S/C(=C/c2cc(Cl)c(OCc3ccc(Cl)c(Cl)c3)c(Cl)c2)C(=O)N1c1ccc(Cl)cc1. The molecule has 1 aliphatic rings. The molecule has 2 amide bonds. The molecule has 3 aromatic rings. The zero-order valence-corrected chi connectivity index (χ0v) is 21.0. The monoisotopic (exact) mass is 557 g/mol. The van der Waals surface area contributed by atoms with Crippen LogP contribution >= 0.6 is 69.8 Å². The molecule has 168 valence electrons. The summed E-state index contributed by atoms with van der Waals surface area (Å²) in [6.45, 7) is 0.176. The van der Waals surface area contributed by atoms with Crippen molar-refractivity contribution in [3.8, 4) is 5.75 Å². The number of carbonyl (C=O) groups excluding carboxylic acids is 2. The summed E-state index contributed by atoms with van der Waals surface area (Å²) in [5.41, 5.74) is 1.78. The van der Waals surface area contributed by atoms with Crippen LogP contribution in [0, 0.1) is 0 Å². The van der Waals surface area contributed by atoms with Gasteiger partial charge in [0.15, 0.2) is 5.75 Å². The minimum atomic E-state index is -0.445. The molecule has 0 aliphatic carbocycles. The maximum atomic E-state index is 12.8. The summed E-state index contributed by atoms with van der Waals surface area (Å²) < 4.78 is 5.76. The lowest BCUT2D eigenvalue weighted by atomic mass is 10.2. The fourth-order valence-electron chi connectivity index (χ4n) is 3.02. The Balaban J connectivity index is 1.54. The van der Waals surface area contributed by atoms with Gasteiger partial charge in [-0.1, -0.05) is 64.1 Å². The number of ether oxygens (including phenoxy) is 1. The lowest BCUT2D eigenvalue weighted by molar-refractivity contribution is -0.113. The van der Waals surface area contributed by atoms with E-state index in [1.807, 2.05) is 0 Å². The molecule has 4 rings (SSSR count). The summed E-state index contributed by atoms with van der Waals surface area (Å²) in [6, 6.07) is 14.8. The average molecular weight is 560 g/mol. The summed E-state index contributed by atoms with van der Waals surface area (Å²) in [7, 11) is 0. The molecule has 0 aromatic heterocycles. The van der Waals surface area contributed by atoms with Gasteiger partial charge in [-0.25, -0.2) is 4.90 Å². The zero-order valence-electron chi connectivity index (χ0n) is 16.5. The van der Waals surface area contributed by atoms with Gasteiger partial charge in [0.2, 0.25) is 0 Å². The van der Waals surface area contributed by atoms with E-state index in [9.17, 15) is 9.59 Å². The van der Waals surface area contributed by atoms with E-state index in [4.69, 9.17) is 62.7 Å². The Bertz CT molecular complexity index is 1270. The maximum absolute atomic E-state index is 12.8. The highest BCUT2D eigenvalue weighted by atomic mass is 35.5. The molecule has 1 heterocycles. The van der Waals surface area contributed by atoms with Crippen molar-refractivity contribution in [3.63, 3.8) is 0 Å². The second kappa shape index (κ2) is 10.2. The van der Waals surface area contributed by atoms with Crippen LogP contribution in [-0.2, 0) is 11.4 Å². The van der Waals surface area contributed by atoms with Crippen LogP contribution in [0.15, 0.2) is 59.5 Å². The Morgan fingerprint density at radius 1 is 0.818 bits per heavy atom. The predicted molar refractivity (Wildman–Crippen MR) is 137 cm³/mol. The highest BCUT2D eigenvalue weighted by Gasteiger charge is 2.36. The second-order valence-electron chi connectivity index (χ2n) is 6.84. The van der Waals surface area contributed by atoms with E-state index in [-0.39, 0.29) is 27.3 Å². The van der Waals surface area contributed by atoms with Gasteiger partial charge in [-0.3, -0.25) is 9.59 Å². The van der Waals surface area contributed by atoms with Crippen molar-refractivity contribution in [3.05, 3.63) is 95.7 Å². The van der Waals surface area contributed by atoms with Gasteiger partial charge in [0.25, 0.3) is 11.1 Å². The molecule has 10 heteroatoms. The third kappa shape index (κ3) is 5.46. The van der Waals surface area contributed by atoms with E-state index in [1.165, 1.54) is 0 Å². The number of benzene rings is 3. The van der Waals surface area contributed by atoms with Crippen LogP contribution in [0.5, 0.6) is 5.75 Å². The molecule has 1 aliphatic heterocycles. The lowest BCUT2D eigenvalue weighted by Crippen LogP contribution is -2.27. The molecule has 0 atom stereocenters. The molecule has 3 aromatic carbocycles. The van der Waals surface area contributed by atoms with Crippen molar-refractivity contribution in [1.29, 1.82) is 0 Å². The number of halogens is 5. The topological polar surface area (TPSA) is 46.6 Å². The van der Waals surface area contributed by atoms with Gasteiger partial charge in [-0.2, -0.15) is 0 Å². The lowest BCUT2D eigenvalue weighted by Gasteiger charge is -2.12. The molecular weight excluding hydrogens is 548 g/mol. The fourth-order valence-corrected chi connectivity index (χ4v) is 4.92. The van der Waals surface area contributed by atoms with Crippen molar-refractivity contribution >= 4 is 92.7 Å². The molecule has 0 bridgehead atoms. The van der Waals surface area contributed by atoms with Crippen molar-refractivity contribution < 1.29 is 14.3 Å². The van der Waals surface area contributed by atoms with Gasteiger partial charge < -0.3 is 4.74 Å². The Hall–Kier alpha value is -1.86. The third-order valence-corrected chi connectivity index (χ3v) is 6.99. The average Bonchev–Trinajstić information content (AvgIpc) is 3.03. The van der Waals surface area contributed by atoms with Gasteiger partial charge in [-0.05, 0) is 77.5 Å². The fraction of sp³-hybridized carbons (Fsp3) is 0.0435. The predicted octanol–water partition coefficient (Wildman–Crippen LogP) is 8.77. The number of hydrogen-bond donors (Lipinski definition) is 0. The number of imide groups is 1. The number of carbonyl (C=O) groups is 2. The molecule has 0 radical (unpaired) electrons. The van der Waals surface area contributed by atoms with E-state index in [1.54, 1.807) is 60.7 Å². The summed E-state index contributed by atoms with van der Waals surface area (Å²) in [5, 5.41) is 1.47. The van der Waals surface area contributed by atoms with Crippen molar-refractivity contribution in [2.75, 3.05) is 4.90 Å². The molecule has 0 saturated carbocycles. The molecular formula is C23H12Cl5NO3S. The largest absolute Gasteiger partial charge is 0.486 e. The van der Waals surface area contributed by atoms with Crippen molar-refractivity contribution in [1.82, 2.24) is 0 Å². The maximum Gasteiger partial charge on any atom is 0.298 e. The molecule has 0 spiro atoms. The Kier molecular flexibility index (Phi) is 7.49. The minimum absolute atomic E-state index is 0.176. The quantitative estimate of drug-likeness (QED) is 0.293. The van der Waals surface area contributed by atoms with Gasteiger partial charge in [0.05, 0.1) is 30.7 Å². The Labute approximate surface area is 219 Å². The highest BCUT2D eigenvalue weighted by molar-refractivity contribution is 8.19. The van der Waals surface area contributed by atoms with Crippen LogP contribution in [0.4, 0.5) is 10.5 Å². The number of thioether (sulfide) groups is 1. The summed E-state index contributed by atoms with van der Waals surface area (Å²) in [6.07, 6.45) is 1.56. The van der Waals surface area contributed by atoms with E-state index in [2.05, 4.69) is 0 Å². The van der Waals surface area contributed by atoms with Gasteiger partial charge >= 0.3 is 0 Å². The number of hydrogen-bond acceptors (Lipinski definition) is 4. The molecule has 1 fully saturated rings. The highest BCUT2D eigenvalue weighted by Crippen LogP contribution is 2.39. The summed E-state index contributed by atoms with van der Waals surface area (Å²) >= 11 is 31.4. The standard InChI is InChI=1S/C23H12Cl5NO3S/c24-14-2-4-15(5-3-14)29-22(30)20(33-23(29)31)10-13-8-18(27)21(19(28)9-13)32-11-12-1-6-16(25)17(26)7-12/h1-10H,11H2/b20-10+. The summed E-state index contributed by atoms with van der Waals surface area (Å²) in [4.78, 5) is 26.6. The Morgan fingerprint density at radius 2 is 1.48 bits per heavy atom. The molecule has 1 saturated heterocycles. The van der Waals surface area contributed by atoms with Crippen LogP contribution in [0.3, 0.4) is 0 Å². The second-order valence-corrected chi connectivity index (χ2v) is 9.90. The first-order valence-corrected chi connectivity index (χ1v) is 12.0. The van der Waals surface area contributed by atoms with Crippen molar-refractivity contribution in [2.24, 2.45) is 0 Å². The van der Waals surface area contributed by atoms with Crippen LogP contribution < -0.4 is 9.64 Å². The normalized spacial score (nSPS) is 14.9. The van der Waals surface area contributed by atoms with Crippen LogP contribution in [-0.4, -0.2) is 11.1 Å². The first-order chi connectivity index (χ1) is 15.7. The Morgan fingerprint density at radius 3 is 2.12 bits per heavy atom. The third-order valence-electron chi connectivity index (χ3n) is 4.56. The summed E-state index contributed by atoms with van der Waals surface area (Å²) in [5.74, 6) is -0.157. The van der Waals surface area contributed by atoms with Gasteiger partial charge in [0, 0.05) is 5.02 Å². The zero-order chi connectivity index (χ0) is 23.7. The van der Waals surface area contributed by atoms with E-state index in [0.29, 0.717) is 26.3 Å². The van der Waals surface area contributed by atoms with Crippen LogP contribution in [0.2, 0.25) is 25.1 Å². The number of nitrogens with zero attached hydrogens (tertiary/aromatic N) is 1. The van der Waals surface area contributed by atoms with Crippen LogP contribution in [0.25, 0.3) is 6.08 Å². The molecule has 0 unspecified atom stereocenters. The first kappa shape index (κ1) is 24.3. The van der Waals surface area contributed by atoms with E-state index >= 15 is 0 Å². The molecule has 33 heavy (non-hydrogen) atoms. The van der Waals surface area contributed by atoms with E-state index in [0.717, 1.165) is 22.2 Å². The number of amides is 2. The number of anilines is 1. The number of rotatable bonds is 5. The van der Waals surface area contributed by atoms with Crippen LogP contribution in [0.1, 0.15) is 11.1 Å². The van der Waals surface area contributed by atoms with E-state index < -0.39 is 11.1 Å². The van der Waals surface area contributed by atoms with Crippen molar-refractivity contribution in [2.45, 2.75) is 6.61 Å². The molecule has 0 N–H and O–H groups in total. The minimum Gasteiger partial charge on any atom is -0.486 e. The smallest absolute Gasteiger partial charge is 0.298 e. The van der Waals surface area contributed by atoms with Gasteiger partial charge in [0.1, 0.15) is 6.61 Å². The van der Waals surface area contributed by atoms with Gasteiger partial charge in [-0.15, -0.1) is 0 Å².